The van der Waals surface area contributed by atoms with Gasteiger partial charge in [0.15, 0.2) is 5.13 Å². The Morgan fingerprint density at radius 3 is 2.41 bits per heavy atom. The van der Waals surface area contributed by atoms with E-state index in [2.05, 4.69) is 26.2 Å². The molecule has 1 aromatic heterocycles. The molecule has 1 heterocycles. The Morgan fingerprint density at radius 1 is 1.18 bits per heavy atom. The first-order chi connectivity index (χ1) is 10.5. The fraction of sp³-hybridized carbons (Fsp3) is 0. The highest BCUT2D eigenvalue weighted by molar-refractivity contribution is 9.11. The minimum atomic E-state index is -0.209. The van der Waals surface area contributed by atoms with Crippen molar-refractivity contribution >= 4 is 54.9 Å². The van der Waals surface area contributed by atoms with Crippen LogP contribution in [0.2, 0.25) is 0 Å². The van der Waals surface area contributed by atoms with Crippen LogP contribution in [0.4, 0.5) is 5.13 Å². The Morgan fingerprint density at radius 2 is 1.82 bits per heavy atom. The van der Waals surface area contributed by atoms with Gasteiger partial charge in [0.1, 0.15) is 5.84 Å². The van der Waals surface area contributed by atoms with Crippen molar-refractivity contribution in [2.75, 3.05) is 5.32 Å². The number of nitrogens with zero attached hydrogens (tertiary/aromatic N) is 1. The summed E-state index contributed by atoms with van der Waals surface area (Å²) in [6.45, 7) is 0. The summed E-state index contributed by atoms with van der Waals surface area (Å²) in [5.41, 5.74) is 6.69. The second kappa shape index (κ2) is 5.86. The number of hydrogen-bond donors (Lipinski definition) is 3. The van der Waals surface area contributed by atoms with Crippen LogP contribution < -0.4 is 11.1 Å². The SMILES string of the molecule is N=C(N)c1ccc2cc(C(=O)Nc3ncc(Br)s3)ccc2c1. The average Bonchev–Trinajstić information content (AvgIpc) is 2.91. The predicted octanol–water partition coefficient (Wildman–Crippen LogP) is 3.60. The molecule has 0 saturated carbocycles. The fourth-order valence-corrected chi connectivity index (χ4v) is 3.14. The van der Waals surface area contributed by atoms with Crippen molar-refractivity contribution in [1.29, 1.82) is 5.41 Å². The third kappa shape index (κ3) is 3.00. The normalized spacial score (nSPS) is 10.6. The van der Waals surface area contributed by atoms with Crippen molar-refractivity contribution in [3.8, 4) is 0 Å². The number of carbonyl (C=O) groups excluding carboxylic acids is 1. The lowest BCUT2D eigenvalue weighted by Gasteiger charge is -2.05. The van der Waals surface area contributed by atoms with Crippen LogP contribution in [0, 0.1) is 5.41 Å². The van der Waals surface area contributed by atoms with Crippen LogP contribution in [0.5, 0.6) is 0 Å². The number of thiazole rings is 1. The lowest BCUT2D eigenvalue weighted by molar-refractivity contribution is 0.102. The molecule has 110 valence electrons. The van der Waals surface area contributed by atoms with Crippen LogP contribution in [0.25, 0.3) is 10.8 Å². The first kappa shape index (κ1) is 14.7. The van der Waals surface area contributed by atoms with E-state index in [0.29, 0.717) is 16.3 Å². The number of halogens is 1. The Kier molecular flexibility index (Phi) is 3.91. The molecule has 5 nitrogen and oxygen atoms in total. The van der Waals surface area contributed by atoms with Gasteiger partial charge in [-0.3, -0.25) is 15.5 Å². The molecule has 3 rings (SSSR count). The number of nitrogen functional groups attached to an aromatic ring is 1. The molecule has 0 bridgehead atoms. The highest BCUT2D eigenvalue weighted by atomic mass is 79.9. The van der Waals surface area contributed by atoms with E-state index in [4.69, 9.17) is 11.1 Å². The van der Waals surface area contributed by atoms with Crippen molar-refractivity contribution in [2.45, 2.75) is 0 Å². The van der Waals surface area contributed by atoms with Gasteiger partial charge in [-0.15, -0.1) is 0 Å². The van der Waals surface area contributed by atoms with Gasteiger partial charge in [-0.2, -0.15) is 0 Å². The molecule has 0 atom stereocenters. The summed E-state index contributed by atoms with van der Waals surface area (Å²) < 4.78 is 0.859. The number of fused-ring (bicyclic) bond motifs is 1. The van der Waals surface area contributed by atoms with E-state index < -0.39 is 0 Å². The van der Waals surface area contributed by atoms with E-state index in [1.54, 1.807) is 24.4 Å². The van der Waals surface area contributed by atoms with E-state index in [9.17, 15) is 4.79 Å². The molecule has 22 heavy (non-hydrogen) atoms. The number of benzene rings is 2. The van der Waals surface area contributed by atoms with Crippen molar-refractivity contribution in [2.24, 2.45) is 5.73 Å². The summed E-state index contributed by atoms with van der Waals surface area (Å²) in [4.78, 5) is 16.3. The maximum atomic E-state index is 12.2. The largest absolute Gasteiger partial charge is 0.384 e. The van der Waals surface area contributed by atoms with E-state index in [0.717, 1.165) is 14.6 Å². The second-order valence-electron chi connectivity index (χ2n) is 4.61. The molecule has 0 radical (unpaired) electrons. The number of anilines is 1. The van der Waals surface area contributed by atoms with Crippen molar-refractivity contribution in [3.63, 3.8) is 0 Å². The van der Waals surface area contributed by atoms with Gasteiger partial charge in [0.05, 0.1) is 9.98 Å². The summed E-state index contributed by atoms with van der Waals surface area (Å²) in [5, 5.41) is 12.6. The number of amides is 1. The Hall–Kier alpha value is -2.25. The minimum Gasteiger partial charge on any atom is -0.384 e. The summed E-state index contributed by atoms with van der Waals surface area (Å²) in [6.07, 6.45) is 1.64. The van der Waals surface area contributed by atoms with Crippen LogP contribution >= 0.6 is 27.3 Å². The lowest BCUT2D eigenvalue weighted by Crippen LogP contribution is -2.12. The zero-order valence-electron chi connectivity index (χ0n) is 11.3. The number of hydrogen-bond acceptors (Lipinski definition) is 4. The van der Waals surface area contributed by atoms with Crippen LogP contribution in [0.15, 0.2) is 46.4 Å². The Labute approximate surface area is 138 Å². The quantitative estimate of drug-likeness (QED) is 0.483. The van der Waals surface area contributed by atoms with Crippen LogP contribution in [0.3, 0.4) is 0 Å². The highest BCUT2D eigenvalue weighted by Gasteiger charge is 2.09. The zero-order chi connectivity index (χ0) is 15.7. The van der Waals surface area contributed by atoms with Crippen molar-refractivity contribution < 1.29 is 4.79 Å². The highest BCUT2D eigenvalue weighted by Crippen LogP contribution is 2.24. The monoisotopic (exact) mass is 374 g/mol. The first-order valence-corrected chi connectivity index (χ1v) is 7.95. The van der Waals surface area contributed by atoms with E-state index in [-0.39, 0.29) is 11.7 Å². The third-order valence-electron chi connectivity index (χ3n) is 3.11. The minimum absolute atomic E-state index is 0.0260. The summed E-state index contributed by atoms with van der Waals surface area (Å²) in [7, 11) is 0. The first-order valence-electron chi connectivity index (χ1n) is 6.34. The van der Waals surface area contributed by atoms with Gasteiger partial charge >= 0.3 is 0 Å². The van der Waals surface area contributed by atoms with Gasteiger partial charge < -0.3 is 5.73 Å². The lowest BCUT2D eigenvalue weighted by atomic mass is 10.0. The Balaban J connectivity index is 1.89. The van der Waals surface area contributed by atoms with Gasteiger partial charge in [-0.1, -0.05) is 29.5 Å². The molecule has 0 saturated heterocycles. The van der Waals surface area contributed by atoms with Crippen LogP contribution in [-0.4, -0.2) is 16.7 Å². The van der Waals surface area contributed by atoms with Crippen molar-refractivity contribution in [3.05, 3.63) is 57.5 Å². The fourth-order valence-electron chi connectivity index (χ4n) is 2.04. The number of rotatable bonds is 3. The molecule has 0 unspecified atom stereocenters. The molecule has 1 amide bonds. The van der Waals surface area contributed by atoms with E-state index >= 15 is 0 Å². The maximum absolute atomic E-state index is 12.2. The van der Waals surface area contributed by atoms with Gasteiger partial charge in [0, 0.05) is 11.1 Å². The maximum Gasteiger partial charge on any atom is 0.257 e. The summed E-state index contributed by atoms with van der Waals surface area (Å²) >= 11 is 4.66. The van der Waals surface area contributed by atoms with Gasteiger partial charge in [-0.05, 0) is 44.9 Å². The smallest absolute Gasteiger partial charge is 0.257 e. The molecular weight excluding hydrogens is 364 g/mol. The number of nitrogens with two attached hydrogens (primary N) is 1. The summed E-state index contributed by atoms with van der Waals surface area (Å²) in [5.74, 6) is -0.183. The molecule has 3 aromatic rings. The summed E-state index contributed by atoms with van der Waals surface area (Å²) in [6, 6.07) is 10.8. The number of nitrogens with one attached hydrogen (secondary N) is 2. The van der Waals surface area contributed by atoms with E-state index in [1.807, 2.05) is 18.2 Å². The number of carbonyl (C=O) groups is 1. The standard InChI is InChI=1S/C15H11BrN4OS/c16-12-7-19-15(22-12)20-14(21)11-4-2-8-5-10(13(17)18)3-1-9(8)6-11/h1-7H,(H3,17,18)(H,19,20,21). The third-order valence-corrected chi connectivity index (χ3v) is 4.50. The molecule has 0 aliphatic carbocycles. The molecule has 4 N–H and O–H groups in total. The van der Waals surface area contributed by atoms with Crippen molar-refractivity contribution in [1.82, 2.24) is 4.98 Å². The van der Waals surface area contributed by atoms with Crippen LogP contribution in [0.1, 0.15) is 15.9 Å². The molecular formula is C15H11BrN4OS. The second-order valence-corrected chi connectivity index (χ2v) is 7.02. The molecule has 0 aliphatic heterocycles. The predicted molar refractivity (Wildman–Crippen MR) is 92.7 cm³/mol. The average molecular weight is 375 g/mol. The molecule has 2 aromatic carbocycles. The van der Waals surface area contributed by atoms with E-state index in [1.165, 1.54) is 11.3 Å². The number of amidine groups is 1. The molecule has 7 heteroatoms. The zero-order valence-corrected chi connectivity index (χ0v) is 13.7. The van der Waals surface area contributed by atoms with Gasteiger partial charge in [0.25, 0.3) is 5.91 Å². The molecule has 0 aliphatic rings. The molecule has 0 spiro atoms. The Bertz CT molecular complexity index is 890. The number of aromatic nitrogens is 1. The van der Waals surface area contributed by atoms with Crippen LogP contribution in [-0.2, 0) is 0 Å². The molecule has 0 fully saturated rings. The topological polar surface area (TPSA) is 91.9 Å². The van der Waals surface area contributed by atoms with Gasteiger partial charge in [0.2, 0.25) is 0 Å². The van der Waals surface area contributed by atoms with Gasteiger partial charge in [-0.25, -0.2) is 4.98 Å².